The summed E-state index contributed by atoms with van der Waals surface area (Å²) in [5.41, 5.74) is 5.59. The summed E-state index contributed by atoms with van der Waals surface area (Å²) in [6.45, 7) is 5.11. The van der Waals surface area contributed by atoms with Crippen LogP contribution in [0.3, 0.4) is 0 Å². The van der Waals surface area contributed by atoms with E-state index in [-0.39, 0.29) is 0 Å². The fourth-order valence-electron chi connectivity index (χ4n) is 3.71. The molecule has 0 saturated carbocycles. The summed E-state index contributed by atoms with van der Waals surface area (Å²) in [5, 5.41) is 0. The summed E-state index contributed by atoms with van der Waals surface area (Å²) >= 11 is 0. The van der Waals surface area contributed by atoms with Crippen LogP contribution in [-0.4, -0.2) is 42.5 Å². The van der Waals surface area contributed by atoms with Crippen LogP contribution in [0.4, 0.5) is 0 Å². The number of rotatable bonds is 3. The van der Waals surface area contributed by atoms with Gasteiger partial charge in [0.15, 0.2) is 0 Å². The van der Waals surface area contributed by atoms with Gasteiger partial charge in [-0.3, -0.25) is 4.90 Å². The molecule has 0 amide bonds. The number of piperidine rings is 2. The average Bonchev–Trinajstić information content (AvgIpc) is 2.86. The molecule has 0 bridgehead atoms. The minimum absolute atomic E-state index is 0.496. The van der Waals surface area contributed by atoms with Crippen LogP contribution in [0.5, 0.6) is 0 Å². The van der Waals surface area contributed by atoms with Gasteiger partial charge in [-0.25, -0.2) is 0 Å². The zero-order valence-electron chi connectivity index (χ0n) is 11.8. The standard InChI is InChI=1S/C15H25N3O/c1-17-7-2-3-12-10-18(8-6-15(12)17)11-14-5-4-13(9-16)19-14/h4-5,12,15H,2-3,6-11,16H2,1H3. The van der Waals surface area contributed by atoms with Crippen molar-refractivity contribution in [3.05, 3.63) is 23.7 Å². The van der Waals surface area contributed by atoms with Crippen molar-refractivity contribution in [1.82, 2.24) is 9.80 Å². The first-order chi connectivity index (χ1) is 9.26. The molecule has 2 fully saturated rings. The zero-order chi connectivity index (χ0) is 13.2. The van der Waals surface area contributed by atoms with Gasteiger partial charge < -0.3 is 15.1 Å². The van der Waals surface area contributed by atoms with E-state index in [4.69, 9.17) is 10.2 Å². The molecule has 2 saturated heterocycles. The Hall–Kier alpha value is -0.840. The minimum atomic E-state index is 0.496. The molecule has 0 radical (unpaired) electrons. The summed E-state index contributed by atoms with van der Waals surface area (Å²) in [6.07, 6.45) is 4.03. The first-order valence-electron chi connectivity index (χ1n) is 7.46. The van der Waals surface area contributed by atoms with E-state index in [1.54, 1.807) is 0 Å². The van der Waals surface area contributed by atoms with Gasteiger partial charge in [0.1, 0.15) is 11.5 Å². The predicted octanol–water partition coefficient (Wildman–Crippen LogP) is 1.65. The Balaban J connectivity index is 1.58. The Morgan fingerprint density at radius 2 is 2.11 bits per heavy atom. The molecule has 3 rings (SSSR count). The van der Waals surface area contributed by atoms with Crippen LogP contribution in [0.1, 0.15) is 30.8 Å². The molecule has 2 aliphatic rings. The van der Waals surface area contributed by atoms with Crippen LogP contribution in [0, 0.1) is 5.92 Å². The third kappa shape index (κ3) is 2.86. The molecular weight excluding hydrogens is 238 g/mol. The third-order valence-corrected chi connectivity index (χ3v) is 4.73. The topological polar surface area (TPSA) is 45.6 Å². The molecule has 0 aromatic carbocycles. The molecule has 4 heteroatoms. The summed E-state index contributed by atoms with van der Waals surface area (Å²) in [6, 6.07) is 4.87. The number of hydrogen-bond acceptors (Lipinski definition) is 4. The second kappa shape index (κ2) is 5.65. The van der Waals surface area contributed by atoms with Crippen molar-refractivity contribution >= 4 is 0 Å². The highest BCUT2D eigenvalue weighted by atomic mass is 16.3. The Labute approximate surface area is 115 Å². The lowest BCUT2D eigenvalue weighted by Gasteiger charge is -2.45. The summed E-state index contributed by atoms with van der Waals surface area (Å²) in [5.74, 6) is 2.79. The molecule has 2 atom stereocenters. The van der Waals surface area contributed by atoms with Crippen LogP contribution in [0.25, 0.3) is 0 Å². The highest BCUT2D eigenvalue weighted by Crippen LogP contribution is 2.30. The Morgan fingerprint density at radius 3 is 2.89 bits per heavy atom. The second-order valence-electron chi connectivity index (χ2n) is 6.05. The average molecular weight is 263 g/mol. The fraction of sp³-hybridized carbons (Fsp3) is 0.733. The van der Waals surface area contributed by atoms with Gasteiger partial charge in [-0.1, -0.05) is 0 Å². The maximum absolute atomic E-state index is 5.72. The zero-order valence-corrected chi connectivity index (χ0v) is 11.8. The summed E-state index contributed by atoms with van der Waals surface area (Å²) < 4.78 is 5.72. The van der Waals surface area contributed by atoms with E-state index < -0.39 is 0 Å². The lowest BCUT2D eigenvalue weighted by atomic mass is 9.84. The van der Waals surface area contributed by atoms with Gasteiger partial charge in [-0.05, 0) is 50.9 Å². The Bertz CT molecular complexity index is 417. The normalized spacial score (nSPS) is 29.4. The predicted molar refractivity (Wildman–Crippen MR) is 75.6 cm³/mol. The van der Waals surface area contributed by atoms with Gasteiger partial charge >= 0.3 is 0 Å². The monoisotopic (exact) mass is 263 g/mol. The molecular formula is C15H25N3O. The molecule has 1 aromatic heterocycles. The van der Waals surface area contributed by atoms with E-state index in [0.29, 0.717) is 6.54 Å². The van der Waals surface area contributed by atoms with Crippen LogP contribution in [-0.2, 0) is 13.1 Å². The van der Waals surface area contributed by atoms with Crippen LogP contribution in [0.15, 0.2) is 16.5 Å². The molecule has 1 aromatic rings. The van der Waals surface area contributed by atoms with Crippen molar-refractivity contribution in [2.75, 3.05) is 26.7 Å². The van der Waals surface area contributed by atoms with Crippen LogP contribution >= 0.6 is 0 Å². The van der Waals surface area contributed by atoms with Crippen molar-refractivity contribution in [1.29, 1.82) is 0 Å². The third-order valence-electron chi connectivity index (χ3n) is 4.73. The Morgan fingerprint density at radius 1 is 1.26 bits per heavy atom. The van der Waals surface area contributed by atoms with Gasteiger partial charge in [0.05, 0.1) is 13.1 Å². The molecule has 2 unspecified atom stereocenters. The molecule has 19 heavy (non-hydrogen) atoms. The van der Waals surface area contributed by atoms with E-state index in [0.717, 1.165) is 30.0 Å². The van der Waals surface area contributed by atoms with E-state index in [9.17, 15) is 0 Å². The second-order valence-corrected chi connectivity index (χ2v) is 6.05. The van der Waals surface area contributed by atoms with E-state index in [1.807, 2.05) is 6.07 Å². The van der Waals surface area contributed by atoms with Crippen molar-refractivity contribution < 1.29 is 4.42 Å². The van der Waals surface area contributed by atoms with Crippen molar-refractivity contribution in [3.8, 4) is 0 Å². The number of fused-ring (bicyclic) bond motifs is 1. The number of likely N-dealkylation sites (tertiary alicyclic amines) is 2. The van der Waals surface area contributed by atoms with Crippen LogP contribution in [0.2, 0.25) is 0 Å². The van der Waals surface area contributed by atoms with Gasteiger partial charge in [0.2, 0.25) is 0 Å². The smallest absolute Gasteiger partial charge is 0.118 e. The first-order valence-corrected chi connectivity index (χ1v) is 7.46. The van der Waals surface area contributed by atoms with Gasteiger partial charge in [0, 0.05) is 19.1 Å². The molecule has 106 valence electrons. The molecule has 2 aliphatic heterocycles. The van der Waals surface area contributed by atoms with Gasteiger partial charge in [0.25, 0.3) is 0 Å². The molecule has 2 N–H and O–H groups in total. The first kappa shape index (κ1) is 13.2. The number of nitrogens with zero attached hydrogens (tertiary/aromatic N) is 2. The maximum atomic E-state index is 5.72. The molecule has 0 aliphatic carbocycles. The highest BCUT2D eigenvalue weighted by molar-refractivity contribution is 5.07. The largest absolute Gasteiger partial charge is 0.463 e. The minimum Gasteiger partial charge on any atom is -0.463 e. The fourth-order valence-corrected chi connectivity index (χ4v) is 3.71. The van der Waals surface area contributed by atoms with Crippen molar-refractivity contribution in [2.24, 2.45) is 11.7 Å². The maximum Gasteiger partial charge on any atom is 0.118 e. The lowest BCUT2D eigenvalue weighted by molar-refractivity contribution is 0.0329. The van der Waals surface area contributed by atoms with E-state index >= 15 is 0 Å². The molecule has 4 nitrogen and oxygen atoms in total. The molecule has 3 heterocycles. The summed E-state index contributed by atoms with van der Waals surface area (Å²) in [7, 11) is 2.28. The van der Waals surface area contributed by atoms with Crippen molar-refractivity contribution in [3.63, 3.8) is 0 Å². The SMILES string of the molecule is CN1CCCC2CN(Cc3ccc(CN)o3)CCC21. The number of hydrogen-bond donors (Lipinski definition) is 1. The van der Waals surface area contributed by atoms with Gasteiger partial charge in [-0.2, -0.15) is 0 Å². The Kier molecular flexibility index (Phi) is 3.91. The highest BCUT2D eigenvalue weighted by Gasteiger charge is 2.34. The summed E-state index contributed by atoms with van der Waals surface area (Å²) in [4.78, 5) is 5.10. The lowest BCUT2D eigenvalue weighted by Crippen LogP contribution is -2.52. The quantitative estimate of drug-likeness (QED) is 0.901. The van der Waals surface area contributed by atoms with Crippen LogP contribution < -0.4 is 5.73 Å². The number of nitrogens with two attached hydrogens (primary N) is 1. The number of furan rings is 1. The van der Waals surface area contributed by atoms with Gasteiger partial charge in [-0.15, -0.1) is 0 Å². The van der Waals surface area contributed by atoms with E-state index in [2.05, 4.69) is 22.9 Å². The van der Waals surface area contributed by atoms with E-state index in [1.165, 1.54) is 38.9 Å². The van der Waals surface area contributed by atoms with Crippen molar-refractivity contribution in [2.45, 2.75) is 38.4 Å². The molecule has 0 spiro atoms.